The molecular formula is C16H33N3. The Bertz CT molecular complexity index is 246. The summed E-state index contributed by atoms with van der Waals surface area (Å²) in [6.45, 7) is 11.2. The standard InChI is InChI=1S/C16H33N3/c1-14(2)18-9-4-5-16(8-12-18)19-10-6-15(7-11-19)13-17-3/h14-17H,4-13H2,1-3H3. The first kappa shape index (κ1) is 15.3. The summed E-state index contributed by atoms with van der Waals surface area (Å²) in [7, 11) is 2.08. The molecule has 0 radical (unpaired) electrons. The van der Waals surface area contributed by atoms with Gasteiger partial charge < -0.3 is 15.1 Å². The average Bonchev–Trinajstić information content (AvgIpc) is 2.66. The number of rotatable bonds is 4. The van der Waals surface area contributed by atoms with E-state index < -0.39 is 0 Å². The molecule has 2 aliphatic rings. The molecule has 0 saturated carbocycles. The Morgan fingerprint density at radius 3 is 2.37 bits per heavy atom. The van der Waals surface area contributed by atoms with Gasteiger partial charge in [-0.25, -0.2) is 0 Å². The Labute approximate surface area is 119 Å². The highest BCUT2D eigenvalue weighted by Crippen LogP contribution is 2.24. The van der Waals surface area contributed by atoms with Crippen LogP contribution in [0, 0.1) is 5.92 Å². The third kappa shape index (κ3) is 4.44. The van der Waals surface area contributed by atoms with E-state index in [1.165, 1.54) is 64.8 Å². The number of piperidine rings is 1. The van der Waals surface area contributed by atoms with Gasteiger partial charge in [0.05, 0.1) is 0 Å². The van der Waals surface area contributed by atoms with Gasteiger partial charge in [0.15, 0.2) is 0 Å². The molecule has 1 unspecified atom stereocenters. The van der Waals surface area contributed by atoms with Gasteiger partial charge in [0.2, 0.25) is 0 Å². The van der Waals surface area contributed by atoms with Crippen molar-refractivity contribution in [2.24, 2.45) is 5.92 Å². The summed E-state index contributed by atoms with van der Waals surface area (Å²) in [6, 6.07) is 1.58. The summed E-state index contributed by atoms with van der Waals surface area (Å²) in [5.41, 5.74) is 0. The number of hydrogen-bond acceptors (Lipinski definition) is 3. The van der Waals surface area contributed by atoms with E-state index in [1.807, 2.05) is 0 Å². The highest BCUT2D eigenvalue weighted by molar-refractivity contribution is 4.82. The first-order chi connectivity index (χ1) is 9.20. The molecule has 112 valence electrons. The van der Waals surface area contributed by atoms with Crippen molar-refractivity contribution in [2.75, 3.05) is 39.8 Å². The molecule has 0 amide bonds. The van der Waals surface area contributed by atoms with Crippen LogP contribution in [0.4, 0.5) is 0 Å². The van der Waals surface area contributed by atoms with Gasteiger partial charge in [-0.05, 0) is 91.6 Å². The Hall–Kier alpha value is -0.120. The van der Waals surface area contributed by atoms with E-state index in [1.54, 1.807) is 0 Å². The quantitative estimate of drug-likeness (QED) is 0.842. The van der Waals surface area contributed by atoms with Crippen LogP contribution >= 0.6 is 0 Å². The largest absolute Gasteiger partial charge is 0.319 e. The van der Waals surface area contributed by atoms with Crippen LogP contribution in [0.3, 0.4) is 0 Å². The van der Waals surface area contributed by atoms with Crippen LogP contribution in [0.5, 0.6) is 0 Å². The molecule has 1 N–H and O–H groups in total. The molecule has 0 spiro atoms. The minimum absolute atomic E-state index is 0.722. The molecule has 0 aromatic rings. The zero-order valence-electron chi connectivity index (χ0n) is 13.2. The fourth-order valence-corrected chi connectivity index (χ4v) is 3.79. The Morgan fingerprint density at radius 1 is 1.00 bits per heavy atom. The monoisotopic (exact) mass is 267 g/mol. The van der Waals surface area contributed by atoms with Crippen LogP contribution < -0.4 is 5.32 Å². The number of hydrogen-bond donors (Lipinski definition) is 1. The molecular weight excluding hydrogens is 234 g/mol. The summed E-state index contributed by atoms with van der Waals surface area (Å²) >= 11 is 0. The van der Waals surface area contributed by atoms with E-state index >= 15 is 0 Å². The molecule has 0 bridgehead atoms. The van der Waals surface area contributed by atoms with Crippen LogP contribution in [0.2, 0.25) is 0 Å². The maximum atomic E-state index is 3.33. The normalized spacial score (nSPS) is 28.7. The second kappa shape index (κ2) is 7.61. The lowest BCUT2D eigenvalue weighted by Gasteiger charge is -2.37. The fraction of sp³-hybridized carbons (Fsp3) is 1.00. The number of likely N-dealkylation sites (tertiary alicyclic amines) is 2. The van der Waals surface area contributed by atoms with Gasteiger partial charge in [0, 0.05) is 12.1 Å². The third-order valence-electron chi connectivity index (χ3n) is 5.12. The van der Waals surface area contributed by atoms with Gasteiger partial charge in [-0.15, -0.1) is 0 Å². The van der Waals surface area contributed by atoms with Gasteiger partial charge in [-0.3, -0.25) is 0 Å². The molecule has 1 atom stereocenters. The van der Waals surface area contributed by atoms with Crippen LogP contribution in [0.25, 0.3) is 0 Å². The van der Waals surface area contributed by atoms with Crippen molar-refractivity contribution in [1.82, 2.24) is 15.1 Å². The molecule has 0 aromatic carbocycles. The molecule has 0 aromatic heterocycles. The summed E-state index contributed by atoms with van der Waals surface area (Å²) in [4.78, 5) is 5.45. The predicted octanol–water partition coefficient (Wildman–Crippen LogP) is 2.18. The maximum absolute atomic E-state index is 3.33. The number of nitrogens with one attached hydrogen (secondary N) is 1. The molecule has 3 heteroatoms. The predicted molar refractivity (Wildman–Crippen MR) is 82.6 cm³/mol. The molecule has 2 heterocycles. The molecule has 2 saturated heterocycles. The first-order valence-corrected chi connectivity index (χ1v) is 8.33. The highest BCUT2D eigenvalue weighted by atomic mass is 15.2. The van der Waals surface area contributed by atoms with Crippen molar-refractivity contribution in [3.63, 3.8) is 0 Å². The van der Waals surface area contributed by atoms with Crippen molar-refractivity contribution in [3.8, 4) is 0 Å². The Balaban J connectivity index is 1.77. The smallest absolute Gasteiger partial charge is 0.0108 e. The average molecular weight is 267 g/mol. The molecule has 2 rings (SSSR count). The van der Waals surface area contributed by atoms with E-state index in [0.29, 0.717) is 0 Å². The van der Waals surface area contributed by atoms with Crippen molar-refractivity contribution in [2.45, 2.75) is 58.0 Å². The molecule has 2 fully saturated rings. The molecule has 2 aliphatic heterocycles. The topological polar surface area (TPSA) is 18.5 Å². The second-order valence-electron chi connectivity index (χ2n) is 6.75. The summed E-state index contributed by atoms with van der Waals surface area (Å²) in [5.74, 6) is 0.916. The first-order valence-electron chi connectivity index (χ1n) is 8.33. The summed E-state index contributed by atoms with van der Waals surface area (Å²) in [5, 5.41) is 3.33. The molecule has 19 heavy (non-hydrogen) atoms. The minimum Gasteiger partial charge on any atom is -0.319 e. The summed E-state index contributed by atoms with van der Waals surface area (Å²) < 4.78 is 0. The van der Waals surface area contributed by atoms with Gasteiger partial charge >= 0.3 is 0 Å². The maximum Gasteiger partial charge on any atom is 0.0108 e. The summed E-state index contributed by atoms with van der Waals surface area (Å²) in [6.07, 6.45) is 6.98. The molecule has 3 nitrogen and oxygen atoms in total. The van der Waals surface area contributed by atoms with E-state index in [0.717, 1.165) is 18.0 Å². The zero-order valence-corrected chi connectivity index (χ0v) is 13.2. The lowest BCUT2D eigenvalue weighted by molar-refractivity contribution is 0.119. The lowest BCUT2D eigenvalue weighted by Crippen LogP contribution is -2.43. The van der Waals surface area contributed by atoms with E-state index in [4.69, 9.17) is 0 Å². The Morgan fingerprint density at radius 2 is 1.74 bits per heavy atom. The molecule has 0 aliphatic carbocycles. The lowest BCUT2D eigenvalue weighted by atomic mass is 9.94. The van der Waals surface area contributed by atoms with E-state index in [-0.39, 0.29) is 0 Å². The van der Waals surface area contributed by atoms with Crippen molar-refractivity contribution in [3.05, 3.63) is 0 Å². The van der Waals surface area contributed by atoms with E-state index in [2.05, 4.69) is 36.0 Å². The fourth-order valence-electron chi connectivity index (χ4n) is 3.79. The zero-order chi connectivity index (χ0) is 13.7. The Kier molecular flexibility index (Phi) is 6.11. The van der Waals surface area contributed by atoms with Gasteiger partial charge in [0.25, 0.3) is 0 Å². The second-order valence-corrected chi connectivity index (χ2v) is 6.75. The number of nitrogens with zero attached hydrogens (tertiary/aromatic N) is 2. The van der Waals surface area contributed by atoms with E-state index in [9.17, 15) is 0 Å². The van der Waals surface area contributed by atoms with Crippen molar-refractivity contribution < 1.29 is 0 Å². The van der Waals surface area contributed by atoms with Crippen LogP contribution in [-0.2, 0) is 0 Å². The van der Waals surface area contributed by atoms with Crippen molar-refractivity contribution in [1.29, 1.82) is 0 Å². The van der Waals surface area contributed by atoms with Crippen LogP contribution in [0.15, 0.2) is 0 Å². The van der Waals surface area contributed by atoms with Crippen molar-refractivity contribution >= 4 is 0 Å². The third-order valence-corrected chi connectivity index (χ3v) is 5.12. The minimum atomic E-state index is 0.722. The highest BCUT2D eigenvalue weighted by Gasteiger charge is 2.27. The van der Waals surface area contributed by atoms with Gasteiger partial charge in [-0.1, -0.05) is 0 Å². The van der Waals surface area contributed by atoms with Gasteiger partial charge in [-0.2, -0.15) is 0 Å². The van der Waals surface area contributed by atoms with Gasteiger partial charge in [0.1, 0.15) is 0 Å². The van der Waals surface area contributed by atoms with Crippen LogP contribution in [0.1, 0.15) is 46.0 Å². The SMILES string of the molecule is CNCC1CCN(C2CCCN(C(C)C)CC2)CC1. The van der Waals surface area contributed by atoms with Crippen LogP contribution in [-0.4, -0.2) is 61.7 Å².